The van der Waals surface area contributed by atoms with E-state index in [1.165, 1.54) is 19.3 Å². The molecule has 3 heteroatoms. The van der Waals surface area contributed by atoms with Crippen LogP contribution in [0, 0.1) is 5.92 Å². The fourth-order valence-electron chi connectivity index (χ4n) is 4.17. The molecule has 1 aliphatic heterocycles. The van der Waals surface area contributed by atoms with E-state index in [1.54, 1.807) is 0 Å². The zero-order valence-electron chi connectivity index (χ0n) is 13.6. The second-order valence-corrected chi connectivity index (χ2v) is 7.91. The van der Waals surface area contributed by atoms with Gasteiger partial charge in [0, 0.05) is 25.2 Å². The quantitative estimate of drug-likeness (QED) is 0.833. The first kappa shape index (κ1) is 15.3. The third kappa shape index (κ3) is 3.71. The van der Waals surface area contributed by atoms with Crippen LogP contribution in [-0.2, 0) is 4.74 Å². The summed E-state index contributed by atoms with van der Waals surface area (Å²) < 4.78 is 6.22. The molecule has 2 rings (SSSR count). The molecule has 2 aliphatic rings. The molecule has 3 atom stereocenters. The summed E-state index contributed by atoms with van der Waals surface area (Å²) in [5.41, 5.74) is -0.0819. The Kier molecular flexibility index (Phi) is 4.29. The molecule has 0 aromatic carbocycles. The van der Waals surface area contributed by atoms with Gasteiger partial charge in [-0.1, -0.05) is 6.92 Å². The highest BCUT2D eigenvalue weighted by Crippen LogP contribution is 2.34. The van der Waals surface area contributed by atoms with Crippen LogP contribution in [0.25, 0.3) is 0 Å². The van der Waals surface area contributed by atoms with Crippen LogP contribution in [0.4, 0.5) is 0 Å². The van der Waals surface area contributed by atoms with Gasteiger partial charge in [0.25, 0.3) is 0 Å². The van der Waals surface area contributed by atoms with E-state index in [4.69, 9.17) is 4.74 Å². The first-order valence-corrected chi connectivity index (χ1v) is 7.84. The van der Waals surface area contributed by atoms with Crippen molar-refractivity contribution in [2.45, 2.75) is 77.2 Å². The molecule has 3 unspecified atom stereocenters. The molecule has 1 N–H and O–H groups in total. The molecule has 1 saturated heterocycles. The van der Waals surface area contributed by atoms with Crippen LogP contribution in [0.3, 0.4) is 0 Å². The van der Waals surface area contributed by atoms with Gasteiger partial charge in [-0.25, -0.2) is 0 Å². The molecule has 2 fully saturated rings. The van der Waals surface area contributed by atoms with Crippen molar-refractivity contribution in [1.29, 1.82) is 0 Å². The molecule has 0 bridgehead atoms. The number of hydrogen-bond acceptors (Lipinski definition) is 3. The molecule has 0 spiro atoms. The standard InChI is InChI=1S/C16H32N2O/c1-12-7-8-13(17-6)14(9-12)18-10-15(2,3)19-16(4,5)11-18/h12-14,17H,7-11H2,1-6H3. The molecule has 1 saturated carbocycles. The summed E-state index contributed by atoms with van der Waals surface area (Å²) in [6.45, 7) is 13.4. The minimum absolute atomic E-state index is 0.0409. The van der Waals surface area contributed by atoms with Crippen molar-refractivity contribution in [2.24, 2.45) is 5.92 Å². The van der Waals surface area contributed by atoms with Crippen LogP contribution in [0.5, 0.6) is 0 Å². The Morgan fingerprint density at radius 3 is 2.16 bits per heavy atom. The molecular weight excluding hydrogens is 236 g/mol. The fourth-order valence-corrected chi connectivity index (χ4v) is 4.17. The first-order valence-electron chi connectivity index (χ1n) is 7.84. The van der Waals surface area contributed by atoms with Gasteiger partial charge in [0.1, 0.15) is 0 Å². The van der Waals surface area contributed by atoms with E-state index in [1.807, 2.05) is 0 Å². The van der Waals surface area contributed by atoms with E-state index in [2.05, 4.69) is 51.9 Å². The average molecular weight is 268 g/mol. The minimum atomic E-state index is -0.0409. The Labute approximate surface area is 119 Å². The summed E-state index contributed by atoms with van der Waals surface area (Å²) in [5.74, 6) is 0.851. The highest BCUT2D eigenvalue weighted by atomic mass is 16.5. The van der Waals surface area contributed by atoms with Crippen LogP contribution >= 0.6 is 0 Å². The van der Waals surface area contributed by atoms with Crippen molar-refractivity contribution in [2.75, 3.05) is 20.1 Å². The summed E-state index contributed by atoms with van der Waals surface area (Å²) in [5, 5.41) is 3.54. The normalized spacial score (nSPS) is 39.2. The number of likely N-dealkylation sites (N-methyl/N-ethyl adjacent to an activating group) is 1. The Bertz CT molecular complexity index is 298. The monoisotopic (exact) mass is 268 g/mol. The SMILES string of the molecule is CNC1CCC(C)CC1N1CC(C)(C)OC(C)(C)C1. The Hall–Kier alpha value is -0.120. The third-order valence-electron chi connectivity index (χ3n) is 4.64. The van der Waals surface area contributed by atoms with Gasteiger partial charge < -0.3 is 10.1 Å². The zero-order valence-corrected chi connectivity index (χ0v) is 13.6. The maximum absolute atomic E-state index is 6.22. The van der Waals surface area contributed by atoms with Crippen molar-refractivity contribution in [3.63, 3.8) is 0 Å². The van der Waals surface area contributed by atoms with Crippen molar-refractivity contribution in [3.05, 3.63) is 0 Å². The molecule has 0 radical (unpaired) electrons. The van der Waals surface area contributed by atoms with Crippen LogP contribution in [0.1, 0.15) is 53.9 Å². The van der Waals surface area contributed by atoms with Gasteiger partial charge in [-0.3, -0.25) is 4.90 Å². The van der Waals surface area contributed by atoms with E-state index in [0.717, 1.165) is 19.0 Å². The predicted octanol–water partition coefficient (Wildman–Crippen LogP) is 2.65. The minimum Gasteiger partial charge on any atom is -0.367 e. The summed E-state index contributed by atoms with van der Waals surface area (Å²) in [7, 11) is 2.12. The largest absolute Gasteiger partial charge is 0.367 e. The number of nitrogens with zero attached hydrogens (tertiary/aromatic N) is 1. The van der Waals surface area contributed by atoms with Gasteiger partial charge in [-0.15, -0.1) is 0 Å². The van der Waals surface area contributed by atoms with E-state index in [0.29, 0.717) is 12.1 Å². The lowest BCUT2D eigenvalue weighted by molar-refractivity contribution is -0.191. The van der Waals surface area contributed by atoms with E-state index in [-0.39, 0.29) is 11.2 Å². The van der Waals surface area contributed by atoms with Gasteiger partial charge >= 0.3 is 0 Å². The lowest BCUT2D eigenvalue weighted by Gasteiger charge is -2.52. The van der Waals surface area contributed by atoms with Crippen LogP contribution in [-0.4, -0.2) is 48.3 Å². The van der Waals surface area contributed by atoms with Crippen molar-refractivity contribution in [3.8, 4) is 0 Å². The summed E-state index contributed by atoms with van der Waals surface area (Å²) in [4.78, 5) is 2.68. The van der Waals surface area contributed by atoms with Crippen molar-refractivity contribution >= 4 is 0 Å². The lowest BCUT2D eigenvalue weighted by atomic mass is 9.81. The van der Waals surface area contributed by atoms with E-state index < -0.39 is 0 Å². The molecule has 0 aromatic rings. The Balaban J connectivity index is 2.14. The number of morpholine rings is 1. The predicted molar refractivity (Wildman–Crippen MR) is 80.5 cm³/mol. The van der Waals surface area contributed by atoms with Crippen LogP contribution in [0.2, 0.25) is 0 Å². The van der Waals surface area contributed by atoms with Gasteiger partial charge in [-0.05, 0) is 59.9 Å². The highest BCUT2D eigenvalue weighted by Gasteiger charge is 2.43. The second kappa shape index (κ2) is 5.34. The number of ether oxygens (including phenoxy) is 1. The molecule has 0 amide bonds. The fraction of sp³-hybridized carbons (Fsp3) is 1.00. The van der Waals surface area contributed by atoms with E-state index >= 15 is 0 Å². The van der Waals surface area contributed by atoms with E-state index in [9.17, 15) is 0 Å². The summed E-state index contributed by atoms with van der Waals surface area (Å²) in [6.07, 6.45) is 3.98. The van der Waals surface area contributed by atoms with Gasteiger partial charge in [-0.2, -0.15) is 0 Å². The number of hydrogen-bond donors (Lipinski definition) is 1. The average Bonchev–Trinajstić information content (AvgIpc) is 2.24. The second-order valence-electron chi connectivity index (χ2n) is 7.91. The molecule has 1 heterocycles. The molecule has 19 heavy (non-hydrogen) atoms. The molecule has 1 aliphatic carbocycles. The van der Waals surface area contributed by atoms with Crippen LogP contribution < -0.4 is 5.32 Å². The zero-order chi connectivity index (χ0) is 14.3. The van der Waals surface area contributed by atoms with Crippen molar-refractivity contribution < 1.29 is 4.74 Å². The Morgan fingerprint density at radius 2 is 1.63 bits per heavy atom. The molecule has 112 valence electrons. The maximum Gasteiger partial charge on any atom is 0.0760 e. The van der Waals surface area contributed by atoms with Gasteiger partial charge in [0.2, 0.25) is 0 Å². The third-order valence-corrected chi connectivity index (χ3v) is 4.64. The number of rotatable bonds is 2. The summed E-state index contributed by atoms with van der Waals surface area (Å²) >= 11 is 0. The molecule has 0 aromatic heterocycles. The Morgan fingerprint density at radius 1 is 1.05 bits per heavy atom. The smallest absolute Gasteiger partial charge is 0.0760 e. The first-order chi connectivity index (χ1) is 8.72. The lowest BCUT2D eigenvalue weighted by Crippen LogP contribution is -2.63. The number of nitrogens with one attached hydrogen (secondary N) is 1. The highest BCUT2D eigenvalue weighted by molar-refractivity contribution is 4.97. The molecular formula is C16H32N2O. The van der Waals surface area contributed by atoms with Gasteiger partial charge in [0.15, 0.2) is 0 Å². The maximum atomic E-state index is 6.22. The van der Waals surface area contributed by atoms with Gasteiger partial charge in [0.05, 0.1) is 11.2 Å². The summed E-state index contributed by atoms with van der Waals surface area (Å²) in [6, 6.07) is 1.30. The van der Waals surface area contributed by atoms with Crippen LogP contribution in [0.15, 0.2) is 0 Å². The topological polar surface area (TPSA) is 24.5 Å². The van der Waals surface area contributed by atoms with Crippen molar-refractivity contribution in [1.82, 2.24) is 10.2 Å². The molecule has 3 nitrogen and oxygen atoms in total.